The van der Waals surface area contributed by atoms with E-state index in [2.05, 4.69) is 5.32 Å². The van der Waals surface area contributed by atoms with E-state index in [4.69, 9.17) is 4.74 Å². The Morgan fingerprint density at radius 3 is 2.42 bits per heavy atom. The number of amides is 1. The molecule has 0 aliphatic heterocycles. The van der Waals surface area contributed by atoms with E-state index >= 15 is 0 Å². The summed E-state index contributed by atoms with van der Waals surface area (Å²) in [6.07, 6.45) is 0.285. The third-order valence-corrected chi connectivity index (χ3v) is 2.88. The Balaban J connectivity index is 2.79. The average Bonchev–Trinajstić information content (AvgIpc) is 2.37. The molecule has 2 atom stereocenters. The Kier molecular flexibility index (Phi) is 6.06. The highest BCUT2D eigenvalue weighted by molar-refractivity contribution is 5.74. The first-order valence-corrected chi connectivity index (χ1v) is 6.52. The summed E-state index contributed by atoms with van der Waals surface area (Å²) < 4.78 is 4.95. The molecular weight excluding hydrogens is 242 g/mol. The first-order valence-electron chi connectivity index (χ1n) is 6.52. The van der Waals surface area contributed by atoms with Crippen molar-refractivity contribution in [2.75, 3.05) is 6.61 Å². The van der Waals surface area contributed by atoms with Crippen molar-refractivity contribution in [1.29, 1.82) is 0 Å². The maximum absolute atomic E-state index is 11.5. The molecule has 0 saturated heterocycles. The largest absolute Gasteiger partial charge is 0.466 e. The minimum atomic E-state index is -0.235. The molecule has 0 aromatic heterocycles. The molecule has 0 spiro atoms. The second-order valence-corrected chi connectivity index (χ2v) is 4.58. The molecule has 4 nitrogen and oxygen atoms in total. The van der Waals surface area contributed by atoms with Crippen molar-refractivity contribution in [3.8, 4) is 0 Å². The summed E-state index contributed by atoms with van der Waals surface area (Å²) in [7, 11) is 0. The molecule has 1 rings (SSSR count). The van der Waals surface area contributed by atoms with Crippen LogP contribution in [0.3, 0.4) is 0 Å². The number of ether oxygens (including phenoxy) is 1. The molecule has 0 radical (unpaired) electrons. The van der Waals surface area contributed by atoms with Crippen molar-refractivity contribution in [3.63, 3.8) is 0 Å². The van der Waals surface area contributed by atoms with Crippen molar-refractivity contribution in [2.45, 2.75) is 33.2 Å². The summed E-state index contributed by atoms with van der Waals surface area (Å²) >= 11 is 0. The van der Waals surface area contributed by atoms with Gasteiger partial charge in [-0.2, -0.15) is 0 Å². The van der Waals surface area contributed by atoms with E-state index < -0.39 is 0 Å². The van der Waals surface area contributed by atoms with Crippen LogP contribution < -0.4 is 5.32 Å². The molecule has 0 fully saturated rings. The topological polar surface area (TPSA) is 55.4 Å². The molecule has 104 valence electrons. The van der Waals surface area contributed by atoms with E-state index in [1.165, 1.54) is 6.92 Å². The zero-order valence-corrected chi connectivity index (χ0v) is 11.7. The quantitative estimate of drug-likeness (QED) is 0.802. The number of benzene rings is 1. The van der Waals surface area contributed by atoms with Crippen LogP contribution in [0.5, 0.6) is 0 Å². The highest BCUT2D eigenvalue weighted by Crippen LogP contribution is 2.24. The average molecular weight is 263 g/mol. The lowest BCUT2D eigenvalue weighted by atomic mass is 9.92. The van der Waals surface area contributed by atoms with Crippen LogP contribution >= 0.6 is 0 Å². The molecule has 0 saturated carbocycles. The SMILES string of the molecule is CCOC(=O)CC(C)C(NC(C)=O)c1ccccc1. The van der Waals surface area contributed by atoms with Gasteiger partial charge in [0.25, 0.3) is 0 Å². The Morgan fingerprint density at radius 1 is 1.26 bits per heavy atom. The molecule has 1 amide bonds. The van der Waals surface area contributed by atoms with Crippen molar-refractivity contribution in [1.82, 2.24) is 5.32 Å². The monoisotopic (exact) mass is 263 g/mol. The third kappa shape index (κ3) is 5.12. The maximum atomic E-state index is 11.5. The van der Waals surface area contributed by atoms with Gasteiger partial charge in [0.2, 0.25) is 5.91 Å². The summed E-state index contributed by atoms with van der Waals surface area (Å²) in [6, 6.07) is 9.47. The van der Waals surface area contributed by atoms with E-state index in [9.17, 15) is 9.59 Å². The third-order valence-electron chi connectivity index (χ3n) is 2.88. The van der Waals surface area contributed by atoms with Gasteiger partial charge in [0.1, 0.15) is 0 Å². The molecule has 19 heavy (non-hydrogen) atoms. The van der Waals surface area contributed by atoms with E-state index in [1.54, 1.807) is 6.92 Å². The summed E-state index contributed by atoms with van der Waals surface area (Å²) in [5.41, 5.74) is 0.995. The van der Waals surface area contributed by atoms with Gasteiger partial charge in [-0.15, -0.1) is 0 Å². The molecular formula is C15H21NO3. The van der Waals surface area contributed by atoms with Gasteiger partial charge in [0, 0.05) is 6.92 Å². The Morgan fingerprint density at radius 2 is 1.89 bits per heavy atom. The van der Waals surface area contributed by atoms with Gasteiger partial charge in [-0.3, -0.25) is 9.59 Å². The highest BCUT2D eigenvalue weighted by atomic mass is 16.5. The number of hydrogen-bond donors (Lipinski definition) is 1. The number of esters is 1. The van der Waals surface area contributed by atoms with Crippen LogP contribution in [-0.2, 0) is 14.3 Å². The zero-order chi connectivity index (χ0) is 14.3. The molecule has 1 aromatic rings. The van der Waals surface area contributed by atoms with Gasteiger partial charge < -0.3 is 10.1 Å². The fourth-order valence-electron chi connectivity index (χ4n) is 2.03. The van der Waals surface area contributed by atoms with Crippen LogP contribution in [-0.4, -0.2) is 18.5 Å². The second kappa shape index (κ2) is 7.56. The number of carbonyl (C=O) groups excluding carboxylic acids is 2. The zero-order valence-electron chi connectivity index (χ0n) is 11.7. The summed E-state index contributed by atoms with van der Waals surface area (Å²) in [4.78, 5) is 22.9. The lowest BCUT2D eigenvalue weighted by molar-refractivity contribution is -0.144. The van der Waals surface area contributed by atoms with Crippen LogP contribution in [0, 0.1) is 5.92 Å². The number of hydrogen-bond acceptors (Lipinski definition) is 3. The molecule has 4 heteroatoms. The molecule has 1 N–H and O–H groups in total. The summed E-state index contributed by atoms with van der Waals surface area (Å²) in [6.45, 7) is 5.57. The first kappa shape index (κ1) is 15.2. The van der Waals surface area contributed by atoms with Gasteiger partial charge in [-0.1, -0.05) is 37.3 Å². The van der Waals surface area contributed by atoms with Crippen LogP contribution in [0.4, 0.5) is 0 Å². The molecule has 0 aliphatic carbocycles. The molecule has 2 unspecified atom stereocenters. The standard InChI is InChI=1S/C15H21NO3/c1-4-19-14(18)10-11(2)15(16-12(3)17)13-8-6-5-7-9-13/h5-9,11,15H,4,10H2,1-3H3,(H,16,17). The van der Waals surface area contributed by atoms with E-state index in [-0.39, 0.29) is 30.3 Å². The molecule has 0 bridgehead atoms. The summed E-state index contributed by atoms with van der Waals surface area (Å²) in [5, 5.41) is 2.90. The minimum absolute atomic E-state index is 0.0228. The molecule has 0 heterocycles. The van der Waals surface area contributed by atoms with Gasteiger partial charge >= 0.3 is 5.97 Å². The lowest BCUT2D eigenvalue weighted by Gasteiger charge is -2.24. The molecule has 1 aromatic carbocycles. The van der Waals surface area contributed by atoms with E-state index in [0.29, 0.717) is 6.61 Å². The normalized spacial score (nSPS) is 13.4. The Labute approximate surface area is 114 Å². The van der Waals surface area contributed by atoms with Gasteiger partial charge in [-0.05, 0) is 18.4 Å². The van der Waals surface area contributed by atoms with E-state index in [0.717, 1.165) is 5.56 Å². The fraction of sp³-hybridized carbons (Fsp3) is 0.467. The van der Waals surface area contributed by atoms with Crippen LogP contribution in [0.15, 0.2) is 30.3 Å². The van der Waals surface area contributed by atoms with Gasteiger partial charge in [0.15, 0.2) is 0 Å². The predicted octanol–water partition coefficient (Wildman–Crippen LogP) is 2.45. The lowest BCUT2D eigenvalue weighted by Crippen LogP contribution is -2.32. The number of rotatable bonds is 6. The fourth-order valence-corrected chi connectivity index (χ4v) is 2.03. The van der Waals surface area contributed by atoms with Crippen LogP contribution in [0.25, 0.3) is 0 Å². The molecule has 0 aliphatic rings. The Bertz CT molecular complexity index is 417. The van der Waals surface area contributed by atoms with Crippen molar-refractivity contribution < 1.29 is 14.3 Å². The maximum Gasteiger partial charge on any atom is 0.306 e. The van der Waals surface area contributed by atoms with E-state index in [1.807, 2.05) is 37.3 Å². The highest BCUT2D eigenvalue weighted by Gasteiger charge is 2.22. The van der Waals surface area contributed by atoms with Crippen molar-refractivity contribution in [3.05, 3.63) is 35.9 Å². The minimum Gasteiger partial charge on any atom is -0.466 e. The second-order valence-electron chi connectivity index (χ2n) is 4.58. The number of nitrogens with one attached hydrogen (secondary N) is 1. The van der Waals surface area contributed by atoms with Crippen LogP contribution in [0.1, 0.15) is 38.8 Å². The first-order chi connectivity index (χ1) is 9.04. The summed E-state index contributed by atoms with van der Waals surface area (Å²) in [5.74, 6) is -0.365. The smallest absolute Gasteiger partial charge is 0.306 e. The van der Waals surface area contributed by atoms with Crippen LogP contribution in [0.2, 0.25) is 0 Å². The van der Waals surface area contributed by atoms with Gasteiger partial charge in [-0.25, -0.2) is 0 Å². The van der Waals surface area contributed by atoms with Crippen molar-refractivity contribution >= 4 is 11.9 Å². The Hall–Kier alpha value is -1.84. The van der Waals surface area contributed by atoms with Crippen molar-refractivity contribution in [2.24, 2.45) is 5.92 Å². The predicted molar refractivity (Wildman–Crippen MR) is 73.4 cm³/mol. The van der Waals surface area contributed by atoms with Gasteiger partial charge in [0.05, 0.1) is 19.1 Å². The number of carbonyl (C=O) groups is 2.